The Balaban J connectivity index is 2.40. The Morgan fingerprint density at radius 3 is 2.40 bits per heavy atom. The number of nitrogens with two attached hydrogens (primary N) is 1. The van der Waals surface area contributed by atoms with Gasteiger partial charge in [0, 0.05) is 11.7 Å². The van der Waals surface area contributed by atoms with E-state index in [1.165, 1.54) is 0 Å². The molecular weight excluding hydrogens is 272 g/mol. The fraction of sp³-hybridized carbons (Fsp3) is 0.600. The minimum absolute atomic E-state index is 0.0798. The van der Waals surface area contributed by atoms with Crippen LogP contribution in [0.5, 0.6) is 0 Å². The van der Waals surface area contributed by atoms with E-state index in [2.05, 4.69) is 4.72 Å². The number of nitrogen functional groups attached to an aromatic ring is 1. The topological polar surface area (TPSA) is 72.2 Å². The third kappa shape index (κ3) is 3.15. The molecule has 3 N–H and O–H groups in total. The van der Waals surface area contributed by atoms with Crippen LogP contribution in [0.1, 0.15) is 50.7 Å². The molecule has 0 spiro atoms. The summed E-state index contributed by atoms with van der Waals surface area (Å²) in [5.41, 5.74) is 8.30. The summed E-state index contributed by atoms with van der Waals surface area (Å²) in [7, 11) is -3.47. The maximum atomic E-state index is 12.6. The number of anilines is 1. The molecule has 20 heavy (non-hydrogen) atoms. The fourth-order valence-corrected chi connectivity index (χ4v) is 4.57. The second-order valence-corrected chi connectivity index (χ2v) is 7.15. The summed E-state index contributed by atoms with van der Waals surface area (Å²) < 4.78 is 28.1. The predicted octanol–water partition coefficient (Wildman–Crippen LogP) is 2.61. The number of benzene rings is 1. The Morgan fingerprint density at radius 1 is 1.20 bits per heavy atom. The number of hydrogen-bond donors (Lipinski definition) is 2. The smallest absolute Gasteiger partial charge is 0.241 e. The lowest BCUT2D eigenvalue weighted by molar-refractivity contribution is 0.551. The van der Waals surface area contributed by atoms with Crippen LogP contribution in [0.25, 0.3) is 0 Å². The van der Waals surface area contributed by atoms with Crippen molar-refractivity contribution in [3.05, 3.63) is 23.3 Å². The number of rotatable bonds is 5. The summed E-state index contributed by atoms with van der Waals surface area (Å²) in [5.74, 6) is 0. The highest BCUT2D eigenvalue weighted by atomic mass is 32.2. The van der Waals surface area contributed by atoms with Crippen molar-refractivity contribution in [2.24, 2.45) is 0 Å². The zero-order valence-corrected chi connectivity index (χ0v) is 13.1. The monoisotopic (exact) mass is 296 g/mol. The molecule has 1 aliphatic rings. The molecule has 0 atom stereocenters. The predicted molar refractivity (Wildman–Crippen MR) is 82.2 cm³/mol. The van der Waals surface area contributed by atoms with Crippen LogP contribution in [0.3, 0.4) is 0 Å². The lowest BCUT2D eigenvalue weighted by Crippen LogP contribution is -2.33. The van der Waals surface area contributed by atoms with E-state index in [0.29, 0.717) is 17.0 Å². The molecule has 0 aliphatic heterocycles. The Morgan fingerprint density at radius 2 is 1.85 bits per heavy atom. The standard InChI is InChI=1S/C15H24N2O2S/c1-3-11-9-14(16)13(4-2)15(10-11)20(18,19)17-12-7-5-6-8-12/h9-10,12,17H,3-8,16H2,1-2H3. The first-order chi connectivity index (χ1) is 9.47. The largest absolute Gasteiger partial charge is 0.398 e. The summed E-state index contributed by atoms with van der Waals surface area (Å²) in [6, 6.07) is 3.73. The first-order valence-electron chi connectivity index (χ1n) is 7.41. The zero-order chi connectivity index (χ0) is 14.8. The highest BCUT2D eigenvalue weighted by Gasteiger charge is 2.25. The number of hydrogen-bond acceptors (Lipinski definition) is 3. The van der Waals surface area contributed by atoms with Gasteiger partial charge in [-0.1, -0.05) is 26.7 Å². The van der Waals surface area contributed by atoms with E-state index in [1.54, 1.807) is 6.07 Å². The quantitative estimate of drug-likeness (QED) is 0.820. The Hall–Kier alpha value is -1.07. The van der Waals surface area contributed by atoms with Crippen LogP contribution in [-0.4, -0.2) is 14.5 Å². The van der Waals surface area contributed by atoms with Gasteiger partial charge in [-0.3, -0.25) is 0 Å². The van der Waals surface area contributed by atoms with E-state index in [9.17, 15) is 8.42 Å². The molecule has 0 radical (unpaired) electrons. The van der Waals surface area contributed by atoms with Crippen LogP contribution in [0, 0.1) is 0 Å². The lowest BCUT2D eigenvalue weighted by Gasteiger charge is -2.17. The van der Waals surface area contributed by atoms with Gasteiger partial charge < -0.3 is 5.73 Å². The van der Waals surface area contributed by atoms with Gasteiger partial charge in [-0.05, 0) is 48.9 Å². The Labute approximate surface area is 121 Å². The molecule has 112 valence electrons. The summed E-state index contributed by atoms with van der Waals surface area (Å²) >= 11 is 0. The van der Waals surface area contributed by atoms with Crippen LogP contribution in [0.2, 0.25) is 0 Å². The van der Waals surface area contributed by atoms with Crippen molar-refractivity contribution in [1.82, 2.24) is 4.72 Å². The maximum absolute atomic E-state index is 12.6. The normalized spacial score (nSPS) is 16.7. The molecule has 4 nitrogen and oxygen atoms in total. The average Bonchev–Trinajstić information content (AvgIpc) is 2.89. The van der Waals surface area contributed by atoms with E-state index in [-0.39, 0.29) is 6.04 Å². The summed E-state index contributed by atoms with van der Waals surface area (Å²) in [6.45, 7) is 3.94. The molecule has 5 heteroatoms. The van der Waals surface area contributed by atoms with E-state index < -0.39 is 10.0 Å². The van der Waals surface area contributed by atoms with Crippen molar-refractivity contribution in [2.75, 3.05) is 5.73 Å². The third-order valence-electron chi connectivity index (χ3n) is 4.03. The number of aryl methyl sites for hydroxylation is 1. The minimum atomic E-state index is -3.47. The van der Waals surface area contributed by atoms with Gasteiger partial charge in [-0.15, -0.1) is 0 Å². The molecule has 1 fully saturated rings. The average molecular weight is 296 g/mol. The van der Waals surface area contributed by atoms with E-state index in [0.717, 1.165) is 43.2 Å². The van der Waals surface area contributed by atoms with Crippen molar-refractivity contribution >= 4 is 15.7 Å². The zero-order valence-electron chi connectivity index (χ0n) is 12.3. The Kier molecular flexibility index (Phi) is 4.70. The molecule has 0 saturated heterocycles. The van der Waals surface area contributed by atoms with E-state index >= 15 is 0 Å². The second kappa shape index (κ2) is 6.14. The van der Waals surface area contributed by atoms with Crippen molar-refractivity contribution in [3.63, 3.8) is 0 Å². The van der Waals surface area contributed by atoms with E-state index in [1.807, 2.05) is 19.9 Å². The number of sulfonamides is 1. The van der Waals surface area contributed by atoms with Crippen LogP contribution in [0.15, 0.2) is 17.0 Å². The molecule has 0 amide bonds. The van der Waals surface area contributed by atoms with Crippen molar-refractivity contribution in [3.8, 4) is 0 Å². The highest BCUT2D eigenvalue weighted by molar-refractivity contribution is 7.89. The number of nitrogens with one attached hydrogen (secondary N) is 1. The van der Waals surface area contributed by atoms with Crippen LogP contribution in [0.4, 0.5) is 5.69 Å². The first-order valence-corrected chi connectivity index (χ1v) is 8.89. The minimum Gasteiger partial charge on any atom is -0.398 e. The molecule has 1 aromatic carbocycles. The molecule has 1 aliphatic carbocycles. The van der Waals surface area contributed by atoms with Crippen molar-refractivity contribution in [1.29, 1.82) is 0 Å². The van der Waals surface area contributed by atoms with Gasteiger partial charge in [0.2, 0.25) is 10.0 Å². The van der Waals surface area contributed by atoms with Crippen LogP contribution in [-0.2, 0) is 22.9 Å². The highest BCUT2D eigenvalue weighted by Crippen LogP contribution is 2.27. The van der Waals surface area contributed by atoms with Gasteiger partial charge in [-0.25, -0.2) is 13.1 Å². The summed E-state index contributed by atoms with van der Waals surface area (Å²) in [4.78, 5) is 0.365. The van der Waals surface area contributed by atoms with Gasteiger partial charge in [-0.2, -0.15) is 0 Å². The summed E-state index contributed by atoms with van der Waals surface area (Å²) in [6.07, 6.45) is 5.47. The maximum Gasteiger partial charge on any atom is 0.241 e. The van der Waals surface area contributed by atoms with Gasteiger partial charge in [0.05, 0.1) is 4.90 Å². The molecule has 0 aromatic heterocycles. The SMILES string of the molecule is CCc1cc(N)c(CC)c(S(=O)(=O)NC2CCCC2)c1. The molecule has 0 heterocycles. The third-order valence-corrected chi connectivity index (χ3v) is 5.62. The lowest BCUT2D eigenvalue weighted by atomic mass is 10.1. The van der Waals surface area contributed by atoms with Crippen molar-refractivity contribution in [2.45, 2.75) is 63.3 Å². The Bertz CT molecular complexity index is 576. The van der Waals surface area contributed by atoms with Gasteiger partial charge in [0.15, 0.2) is 0 Å². The second-order valence-electron chi connectivity index (χ2n) is 5.47. The van der Waals surface area contributed by atoms with E-state index in [4.69, 9.17) is 5.73 Å². The molecule has 1 saturated carbocycles. The molecule has 0 bridgehead atoms. The van der Waals surface area contributed by atoms with Gasteiger partial charge in [0.25, 0.3) is 0 Å². The van der Waals surface area contributed by atoms with Crippen LogP contribution >= 0.6 is 0 Å². The summed E-state index contributed by atoms with van der Waals surface area (Å²) in [5, 5.41) is 0. The molecule has 1 aromatic rings. The molecular formula is C15H24N2O2S. The van der Waals surface area contributed by atoms with Crippen LogP contribution < -0.4 is 10.5 Å². The van der Waals surface area contributed by atoms with Crippen molar-refractivity contribution < 1.29 is 8.42 Å². The van der Waals surface area contributed by atoms with Gasteiger partial charge >= 0.3 is 0 Å². The molecule has 0 unspecified atom stereocenters. The van der Waals surface area contributed by atoms with Gasteiger partial charge in [0.1, 0.15) is 0 Å². The fourth-order valence-electron chi connectivity index (χ4n) is 2.88. The molecule has 2 rings (SSSR count). The first kappa shape index (κ1) is 15.3.